The Morgan fingerprint density at radius 2 is 2.19 bits per heavy atom. The first-order chi connectivity index (χ1) is 7.86. The molecule has 2 fully saturated rings. The van der Waals surface area contributed by atoms with Gasteiger partial charge in [-0.1, -0.05) is 0 Å². The SMILES string of the molecule is N#Cc1cnc(C2CC2)nc1OCC1CC1. The van der Waals surface area contributed by atoms with Gasteiger partial charge in [-0.2, -0.15) is 10.2 Å². The van der Waals surface area contributed by atoms with E-state index in [-0.39, 0.29) is 0 Å². The Kier molecular flexibility index (Phi) is 2.24. The van der Waals surface area contributed by atoms with Gasteiger partial charge in [-0.15, -0.1) is 0 Å². The average molecular weight is 215 g/mol. The molecule has 0 aliphatic heterocycles. The van der Waals surface area contributed by atoms with E-state index in [1.165, 1.54) is 12.8 Å². The summed E-state index contributed by atoms with van der Waals surface area (Å²) in [5.74, 6) is 2.48. The molecule has 4 heteroatoms. The van der Waals surface area contributed by atoms with Gasteiger partial charge in [0.2, 0.25) is 5.88 Å². The van der Waals surface area contributed by atoms with Crippen molar-refractivity contribution in [2.75, 3.05) is 6.61 Å². The van der Waals surface area contributed by atoms with Crippen molar-refractivity contribution < 1.29 is 4.74 Å². The second-order valence-electron chi connectivity index (χ2n) is 4.59. The van der Waals surface area contributed by atoms with E-state index >= 15 is 0 Å². The minimum absolute atomic E-state index is 0.449. The molecule has 16 heavy (non-hydrogen) atoms. The van der Waals surface area contributed by atoms with Gasteiger partial charge >= 0.3 is 0 Å². The summed E-state index contributed by atoms with van der Waals surface area (Å²) in [6.45, 7) is 0.690. The van der Waals surface area contributed by atoms with Gasteiger partial charge < -0.3 is 4.74 Å². The maximum absolute atomic E-state index is 8.93. The molecule has 0 atom stereocenters. The van der Waals surface area contributed by atoms with Gasteiger partial charge in [-0.25, -0.2) is 4.98 Å². The number of hydrogen-bond donors (Lipinski definition) is 0. The van der Waals surface area contributed by atoms with Crippen molar-refractivity contribution in [3.63, 3.8) is 0 Å². The van der Waals surface area contributed by atoms with Crippen LogP contribution in [0.15, 0.2) is 6.20 Å². The minimum Gasteiger partial charge on any atom is -0.476 e. The molecule has 3 rings (SSSR count). The van der Waals surface area contributed by atoms with Crippen LogP contribution >= 0.6 is 0 Å². The number of ether oxygens (including phenoxy) is 1. The predicted molar refractivity (Wildman–Crippen MR) is 56.9 cm³/mol. The van der Waals surface area contributed by atoms with Crippen LogP contribution in [0.2, 0.25) is 0 Å². The van der Waals surface area contributed by atoms with E-state index in [4.69, 9.17) is 10.00 Å². The van der Waals surface area contributed by atoms with E-state index in [2.05, 4.69) is 16.0 Å². The quantitative estimate of drug-likeness (QED) is 0.770. The van der Waals surface area contributed by atoms with E-state index in [1.807, 2.05) is 0 Å². The number of nitrogens with zero attached hydrogens (tertiary/aromatic N) is 3. The van der Waals surface area contributed by atoms with Crippen molar-refractivity contribution in [1.82, 2.24) is 9.97 Å². The van der Waals surface area contributed by atoms with E-state index < -0.39 is 0 Å². The van der Waals surface area contributed by atoms with Gasteiger partial charge in [0.25, 0.3) is 0 Å². The highest BCUT2D eigenvalue weighted by Crippen LogP contribution is 2.38. The van der Waals surface area contributed by atoms with Gasteiger partial charge in [0, 0.05) is 5.92 Å². The Labute approximate surface area is 94.3 Å². The van der Waals surface area contributed by atoms with Crippen LogP contribution in [0.4, 0.5) is 0 Å². The third-order valence-corrected chi connectivity index (χ3v) is 2.99. The predicted octanol–water partition coefficient (Wildman–Crippen LogP) is 2.01. The molecule has 0 unspecified atom stereocenters. The van der Waals surface area contributed by atoms with Gasteiger partial charge in [0.05, 0.1) is 12.8 Å². The molecule has 2 aliphatic rings. The van der Waals surface area contributed by atoms with Gasteiger partial charge in [0.15, 0.2) is 0 Å². The largest absolute Gasteiger partial charge is 0.476 e. The molecule has 4 nitrogen and oxygen atoms in total. The molecule has 0 aromatic carbocycles. The maximum Gasteiger partial charge on any atom is 0.235 e. The zero-order chi connectivity index (χ0) is 11.0. The standard InChI is InChI=1S/C12H13N3O/c13-5-10-6-14-11(9-3-4-9)15-12(10)16-7-8-1-2-8/h6,8-9H,1-4,7H2. The fourth-order valence-corrected chi connectivity index (χ4v) is 1.59. The van der Waals surface area contributed by atoms with Crippen molar-refractivity contribution in [3.05, 3.63) is 17.6 Å². The summed E-state index contributed by atoms with van der Waals surface area (Å²) in [6, 6.07) is 2.08. The Morgan fingerprint density at radius 1 is 1.38 bits per heavy atom. The van der Waals surface area contributed by atoms with Crippen LogP contribution in [-0.2, 0) is 0 Å². The molecule has 0 amide bonds. The second-order valence-corrected chi connectivity index (χ2v) is 4.59. The van der Waals surface area contributed by atoms with Crippen molar-refractivity contribution in [2.45, 2.75) is 31.6 Å². The molecule has 1 heterocycles. The molecule has 0 spiro atoms. The normalized spacial score (nSPS) is 19.2. The summed E-state index contributed by atoms with van der Waals surface area (Å²) in [6.07, 6.45) is 6.38. The van der Waals surface area contributed by atoms with Crippen LogP contribution in [0.5, 0.6) is 5.88 Å². The number of hydrogen-bond acceptors (Lipinski definition) is 4. The lowest BCUT2D eigenvalue weighted by molar-refractivity contribution is 0.286. The van der Waals surface area contributed by atoms with Gasteiger partial charge in [-0.3, -0.25) is 0 Å². The van der Waals surface area contributed by atoms with Crippen molar-refractivity contribution in [2.24, 2.45) is 5.92 Å². The topological polar surface area (TPSA) is 58.8 Å². The van der Waals surface area contributed by atoms with E-state index in [0.29, 0.717) is 29.9 Å². The lowest BCUT2D eigenvalue weighted by Crippen LogP contribution is -2.05. The molecule has 0 bridgehead atoms. The molecule has 1 aromatic heterocycles. The molecule has 2 aliphatic carbocycles. The van der Waals surface area contributed by atoms with Crippen molar-refractivity contribution >= 4 is 0 Å². The fraction of sp³-hybridized carbons (Fsp3) is 0.583. The fourth-order valence-electron chi connectivity index (χ4n) is 1.59. The zero-order valence-electron chi connectivity index (χ0n) is 9.02. The van der Waals surface area contributed by atoms with E-state index in [9.17, 15) is 0 Å². The summed E-state index contributed by atoms with van der Waals surface area (Å²) in [7, 11) is 0. The Morgan fingerprint density at radius 3 is 2.81 bits per heavy atom. The summed E-state index contributed by atoms with van der Waals surface area (Å²) in [5, 5.41) is 8.93. The average Bonchev–Trinajstić information content (AvgIpc) is 3.18. The van der Waals surface area contributed by atoms with Crippen LogP contribution in [0.3, 0.4) is 0 Å². The van der Waals surface area contributed by atoms with E-state index in [1.54, 1.807) is 6.20 Å². The van der Waals surface area contributed by atoms with Crippen LogP contribution in [0, 0.1) is 17.2 Å². The molecule has 82 valence electrons. The van der Waals surface area contributed by atoms with Crippen LogP contribution < -0.4 is 4.74 Å². The Bertz CT molecular complexity index is 444. The lowest BCUT2D eigenvalue weighted by atomic mass is 10.3. The maximum atomic E-state index is 8.93. The van der Waals surface area contributed by atoms with Gasteiger partial charge in [-0.05, 0) is 31.6 Å². The first-order valence-electron chi connectivity index (χ1n) is 5.76. The lowest BCUT2D eigenvalue weighted by Gasteiger charge is -2.06. The van der Waals surface area contributed by atoms with Crippen LogP contribution in [0.25, 0.3) is 0 Å². The summed E-state index contributed by atoms with van der Waals surface area (Å²) >= 11 is 0. The second kappa shape index (κ2) is 3.75. The molecule has 1 aromatic rings. The van der Waals surface area contributed by atoms with E-state index in [0.717, 1.165) is 18.7 Å². The van der Waals surface area contributed by atoms with Crippen molar-refractivity contribution in [1.29, 1.82) is 5.26 Å². The summed E-state index contributed by atoms with van der Waals surface area (Å²) in [5.41, 5.74) is 0.449. The number of aromatic nitrogens is 2. The smallest absolute Gasteiger partial charge is 0.235 e. The monoisotopic (exact) mass is 215 g/mol. The zero-order valence-corrected chi connectivity index (χ0v) is 9.02. The third-order valence-electron chi connectivity index (χ3n) is 2.99. The first kappa shape index (κ1) is 9.59. The summed E-state index contributed by atoms with van der Waals surface area (Å²) < 4.78 is 5.60. The van der Waals surface area contributed by atoms with Crippen molar-refractivity contribution in [3.8, 4) is 11.9 Å². The molecule has 0 saturated heterocycles. The summed E-state index contributed by atoms with van der Waals surface area (Å²) in [4.78, 5) is 8.55. The van der Waals surface area contributed by atoms with Crippen LogP contribution in [-0.4, -0.2) is 16.6 Å². The Hall–Kier alpha value is -1.63. The number of nitriles is 1. The highest BCUT2D eigenvalue weighted by Gasteiger charge is 2.28. The highest BCUT2D eigenvalue weighted by atomic mass is 16.5. The molecule has 2 saturated carbocycles. The molecular formula is C12H13N3O. The molecule has 0 radical (unpaired) electrons. The molecule has 0 N–H and O–H groups in total. The minimum atomic E-state index is 0.449. The Balaban J connectivity index is 1.80. The first-order valence-corrected chi connectivity index (χ1v) is 5.76. The molecular weight excluding hydrogens is 202 g/mol. The van der Waals surface area contributed by atoms with Crippen LogP contribution in [0.1, 0.15) is 43.0 Å². The highest BCUT2D eigenvalue weighted by molar-refractivity contribution is 5.36. The van der Waals surface area contributed by atoms with Gasteiger partial charge in [0.1, 0.15) is 17.5 Å². The number of rotatable bonds is 4. The third kappa shape index (κ3) is 1.99.